The Morgan fingerprint density at radius 1 is 1.39 bits per heavy atom. The predicted molar refractivity (Wildman–Crippen MR) is 75.5 cm³/mol. The van der Waals surface area contributed by atoms with Gasteiger partial charge in [-0.05, 0) is 31.2 Å². The lowest BCUT2D eigenvalue weighted by Gasteiger charge is -2.31. The van der Waals surface area contributed by atoms with E-state index >= 15 is 0 Å². The molecule has 1 aromatic heterocycles. The van der Waals surface area contributed by atoms with E-state index in [1.165, 1.54) is 12.8 Å². The summed E-state index contributed by atoms with van der Waals surface area (Å²) in [5, 5.41) is 7.76. The van der Waals surface area contributed by atoms with Crippen LogP contribution in [0, 0.1) is 5.41 Å². The number of hydrogen-bond donors (Lipinski definition) is 1. The van der Waals surface area contributed by atoms with Gasteiger partial charge in [0.2, 0.25) is 0 Å². The van der Waals surface area contributed by atoms with Crippen LogP contribution in [0.2, 0.25) is 0 Å². The molecule has 4 heteroatoms. The van der Waals surface area contributed by atoms with Gasteiger partial charge in [-0.15, -0.1) is 0 Å². The van der Waals surface area contributed by atoms with Crippen LogP contribution in [0.3, 0.4) is 0 Å². The van der Waals surface area contributed by atoms with E-state index in [1.807, 2.05) is 11.7 Å². The molecule has 0 spiro atoms. The quantitative estimate of drug-likeness (QED) is 0.811. The molecular weight excluding hydrogens is 224 g/mol. The van der Waals surface area contributed by atoms with Crippen LogP contribution in [0.5, 0.6) is 0 Å². The maximum Gasteiger partial charge on any atom is 0.138 e. The number of hydrogen-bond acceptors (Lipinski definition) is 3. The summed E-state index contributed by atoms with van der Waals surface area (Å²) in [7, 11) is 1.96. The van der Waals surface area contributed by atoms with Crippen molar-refractivity contribution in [2.24, 2.45) is 12.5 Å². The fraction of sp³-hybridized carbons (Fsp3) is 0.857. The zero-order valence-corrected chi connectivity index (χ0v) is 12.5. The van der Waals surface area contributed by atoms with Crippen LogP contribution < -0.4 is 5.32 Å². The predicted octanol–water partition coefficient (Wildman–Crippen LogP) is 2.55. The van der Waals surface area contributed by atoms with Gasteiger partial charge in [0.25, 0.3) is 0 Å². The molecule has 0 bridgehead atoms. The molecule has 1 rings (SSSR count). The third kappa shape index (κ3) is 4.77. The molecule has 0 fully saturated rings. The van der Waals surface area contributed by atoms with Crippen molar-refractivity contribution in [2.75, 3.05) is 6.54 Å². The molecule has 1 aromatic rings. The van der Waals surface area contributed by atoms with E-state index in [9.17, 15) is 0 Å². The van der Waals surface area contributed by atoms with Crippen LogP contribution >= 0.6 is 0 Å². The summed E-state index contributed by atoms with van der Waals surface area (Å²) in [5.74, 6) is 1.08. The van der Waals surface area contributed by atoms with E-state index in [4.69, 9.17) is 0 Å². The van der Waals surface area contributed by atoms with Crippen molar-refractivity contribution in [3.8, 4) is 0 Å². The number of nitrogens with one attached hydrogen (secondary N) is 1. The van der Waals surface area contributed by atoms with Crippen LogP contribution in [-0.2, 0) is 13.5 Å². The molecule has 0 saturated heterocycles. The van der Waals surface area contributed by atoms with Gasteiger partial charge < -0.3 is 5.32 Å². The van der Waals surface area contributed by atoms with E-state index in [1.54, 1.807) is 6.33 Å². The first-order valence-electron chi connectivity index (χ1n) is 7.01. The van der Waals surface area contributed by atoms with Gasteiger partial charge in [0.05, 0.1) is 0 Å². The van der Waals surface area contributed by atoms with Crippen LogP contribution in [0.4, 0.5) is 0 Å². The Hall–Kier alpha value is -0.900. The number of aromatic nitrogens is 3. The molecule has 1 heterocycles. The first-order chi connectivity index (χ1) is 8.45. The Morgan fingerprint density at radius 2 is 2.11 bits per heavy atom. The monoisotopic (exact) mass is 252 g/mol. The largest absolute Gasteiger partial charge is 0.313 e. The first-order valence-corrected chi connectivity index (χ1v) is 7.01. The van der Waals surface area contributed by atoms with Gasteiger partial charge in [0, 0.05) is 19.5 Å². The molecule has 0 aliphatic heterocycles. The normalized spacial score (nSPS) is 13.8. The number of nitrogens with zero attached hydrogens (tertiary/aromatic N) is 3. The molecule has 0 radical (unpaired) electrons. The summed E-state index contributed by atoms with van der Waals surface area (Å²) in [4.78, 5) is 4.27. The molecule has 1 unspecified atom stereocenters. The third-order valence-electron chi connectivity index (χ3n) is 3.38. The second kappa shape index (κ2) is 6.88. The summed E-state index contributed by atoms with van der Waals surface area (Å²) in [5.41, 5.74) is 0.315. The molecule has 0 aliphatic carbocycles. The van der Waals surface area contributed by atoms with Crippen molar-refractivity contribution in [3.05, 3.63) is 12.2 Å². The molecule has 18 heavy (non-hydrogen) atoms. The lowest BCUT2D eigenvalue weighted by atomic mass is 9.83. The zero-order chi connectivity index (χ0) is 13.6. The van der Waals surface area contributed by atoms with Crippen molar-refractivity contribution in [1.29, 1.82) is 0 Å². The Labute approximate surface area is 111 Å². The highest BCUT2D eigenvalue weighted by atomic mass is 15.3. The second-order valence-corrected chi connectivity index (χ2v) is 6.06. The standard InChI is InChI=1S/C14H28N4/c1-6-10-15-12(14(2,3)4)8-7-9-13-16-11-17-18(13)5/h11-12,15H,6-10H2,1-5H3. The van der Waals surface area contributed by atoms with E-state index in [2.05, 4.69) is 43.1 Å². The fourth-order valence-corrected chi connectivity index (χ4v) is 2.17. The average Bonchev–Trinajstić information content (AvgIpc) is 2.67. The Kier molecular flexibility index (Phi) is 5.79. The lowest BCUT2D eigenvalue weighted by molar-refractivity contribution is 0.251. The Balaban J connectivity index is 2.40. The van der Waals surface area contributed by atoms with Crippen LogP contribution in [0.1, 0.15) is 52.8 Å². The second-order valence-electron chi connectivity index (χ2n) is 6.06. The summed E-state index contributed by atoms with van der Waals surface area (Å²) >= 11 is 0. The van der Waals surface area contributed by atoms with Gasteiger partial charge in [-0.25, -0.2) is 4.98 Å². The minimum Gasteiger partial charge on any atom is -0.313 e. The highest BCUT2D eigenvalue weighted by Gasteiger charge is 2.23. The molecule has 104 valence electrons. The van der Waals surface area contributed by atoms with Crippen molar-refractivity contribution >= 4 is 0 Å². The maximum absolute atomic E-state index is 4.27. The van der Waals surface area contributed by atoms with Crippen LogP contribution in [0.25, 0.3) is 0 Å². The van der Waals surface area contributed by atoms with Crippen molar-refractivity contribution < 1.29 is 0 Å². The van der Waals surface area contributed by atoms with Gasteiger partial charge >= 0.3 is 0 Å². The van der Waals surface area contributed by atoms with Crippen LogP contribution in [0.15, 0.2) is 6.33 Å². The molecule has 0 saturated carbocycles. The molecule has 1 atom stereocenters. The van der Waals surface area contributed by atoms with Gasteiger partial charge in [-0.3, -0.25) is 4.68 Å². The fourth-order valence-electron chi connectivity index (χ4n) is 2.17. The summed E-state index contributed by atoms with van der Waals surface area (Å²) in [6.07, 6.45) is 6.18. The molecular formula is C14H28N4. The summed E-state index contributed by atoms with van der Waals surface area (Å²) in [6, 6.07) is 0.575. The van der Waals surface area contributed by atoms with E-state index in [-0.39, 0.29) is 0 Å². The molecule has 4 nitrogen and oxygen atoms in total. The van der Waals surface area contributed by atoms with Crippen LogP contribution in [-0.4, -0.2) is 27.4 Å². The third-order valence-corrected chi connectivity index (χ3v) is 3.38. The topological polar surface area (TPSA) is 42.7 Å². The van der Waals surface area contributed by atoms with Gasteiger partial charge in [0.1, 0.15) is 12.2 Å². The lowest BCUT2D eigenvalue weighted by Crippen LogP contribution is -2.40. The molecule has 0 aliphatic rings. The smallest absolute Gasteiger partial charge is 0.138 e. The Bertz CT molecular complexity index is 338. The van der Waals surface area contributed by atoms with Gasteiger partial charge in [-0.2, -0.15) is 5.10 Å². The number of aryl methyl sites for hydroxylation is 2. The highest BCUT2D eigenvalue weighted by Crippen LogP contribution is 2.23. The van der Waals surface area contributed by atoms with Gasteiger partial charge in [-0.1, -0.05) is 27.7 Å². The van der Waals surface area contributed by atoms with Crippen molar-refractivity contribution in [3.63, 3.8) is 0 Å². The van der Waals surface area contributed by atoms with E-state index < -0.39 is 0 Å². The minimum absolute atomic E-state index is 0.315. The molecule has 0 amide bonds. The zero-order valence-electron chi connectivity index (χ0n) is 12.5. The van der Waals surface area contributed by atoms with E-state index in [0.717, 1.165) is 25.2 Å². The minimum atomic E-state index is 0.315. The number of rotatable bonds is 7. The van der Waals surface area contributed by atoms with Crippen molar-refractivity contribution in [1.82, 2.24) is 20.1 Å². The summed E-state index contributed by atoms with van der Waals surface area (Å²) < 4.78 is 1.87. The molecule has 0 aromatic carbocycles. The van der Waals surface area contributed by atoms with Gasteiger partial charge in [0.15, 0.2) is 0 Å². The first kappa shape index (κ1) is 15.2. The average molecular weight is 252 g/mol. The highest BCUT2D eigenvalue weighted by molar-refractivity contribution is 4.86. The van der Waals surface area contributed by atoms with Crippen molar-refractivity contribution in [2.45, 2.75) is 59.4 Å². The Morgan fingerprint density at radius 3 is 2.61 bits per heavy atom. The molecule has 1 N–H and O–H groups in total. The van der Waals surface area contributed by atoms with E-state index in [0.29, 0.717) is 11.5 Å². The SMILES string of the molecule is CCCNC(CCCc1ncnn1C)C(C)(C)C. The summed E-state index contributed by atoms with van der Waals surface area (Å²) in [6.45, 7) is 10.2. The maximum atomic E-state index is 4.27.